The molecule has 14 heavy (non-hydrogen) atoms. The molecule has 0 aromatic carbocycles. The number of hydrogen-bond donors (Lipinski definition) is 0. The van der Waals surface area contributed by atoms with E-state index in [9.17, 15) is 0 Å². The Kier molecular flexibility index (Phi) is 14.8. The molecule has 1 nitrogen and oxygen atoms in total. The molecule has 0 unspecified atom stereocenters. The Labute approximate surface area is 106 Å². The summed E-state index contributed by atoms with van der Waals surface area (Å²) >= 11 is 0.935. The van der Waals surface area contributed by atoms with Gasteiger partial charge in [0.1, 0.15) is 0 Å². The van der Waals surface area contributed by atoms with E-state index in [-0.39, 0.29) is 0 Å². The zero-order valence-electron chi connectivity index (χ0n) is 9.89. The van der Waals surface area contributed by atoms with Gasteiger partial charge in [0.15, 0.2) is 0 Å². The maximum absolute atomic E-state index is 5.48. The molecule has 0 bridgehead atoms. The van der Waals surface area contributed by atoms with Crippen LogP contribution in [0.3, 0.4) is 0 Å². The molecule has 0 spiro atoms. The standard InChI is InChI=1S/C12H25O.Hg/c1-3-5-6-7-8-9-10-11-12-13-4-2;/h2-12H2,1H3;. The molecule has 2 heteroatoms. The minimum absolute atomic E-state index is 0.935. The molecule has 0 atom stereocenters. The van der Waals surface area contributed by atoms with Crippen LogP contribution in [0.1, 0.15) is 58.3 Å². The Morgan fingerprint density at radius 2 is 1.36 bits per heavy atom. The number of ether oxygens (including phenoxy) is 1. The number of hydrogen-bond acceptors (Lipinski definition) is 1. The van der Waals surface area contributed by atoms with Gasteiger partial charge in [-0.2, -0.15) is 0 Å². The zero-order valence-corrected chi connectivity index (χ0v) is 15.4. The maximum atomic E-state index is 5.48. The van der Waals surface area contributed by atoms with Crippen LogP contribution in [0, 0.1) is 0 Å². The van der Waals surface area contributed by atoms with Gasteiger partial charge in [-0.3, -0.25) is 0 Å². The van der Waals surface area contributed by atoms with Crippen molar-refractivity contribution in [1.29, 1.82) is 0 Å². The first-order valence-electron chi connectivity index (χ1n) is 6.28. The van der Waals surface area contributed by atoms with Crippen molar-refractivity contribution in [3.8, 4) is 0 Å². The van der Waals surface area contributed by atoms with Crippen molar-refractivity contribution in [2.45, 2.75) is 62.2 Å². The van der Waals surface area contributed by atoms with Gasteiger partial charge in [-0.25, -0.2) is 0 Å². The molecule has 0 aliphatic rings. The summed E-state index contributed by atoms with van der Waals surface area (Å²) in [5.41, 5.74) is 0. The van der Waals surface area contributed by atoms with Crippen molar-refractivity contribution < 1.29 is 30.9 Å². The summed E-state index contributed by atoms with van der Waals surface area (Å²) in [4.78, 5) is 0. The predicted molar refractivity (Wildman–Crippen MR) is 58.2 cm³/mol. The van der Waals surface area contributed by atoms with Crippen molar-refractivity contribution in [3.05, 3.63) is 0 Å². The first-order chi connectivity index (χ1) is 6.91. The van der Waals surface area contributed by atoms with Crippen LogP contribution < -0.4 is 0 Å². The third kappa shape index (κ3) is 12.9. The second-order valence-electron chi connectivity index (χ2n) is 3.94. The third-order valence-electron chi connectivity index (χ3n) is 2.43. The Hall–Kier alpha value is 0.895. The molecular weight excluding hydrogens is 361 g/mol. The Morgan fingerprint density at radius 1 is 0.786 bits per heavy atom. The minimum atomic E-state index is 0.935. The van der Waals surface area contributed by atoms with Crippen LogP contribution in [0.2, 0.25) is 3.93 Å². The molecule has 0 aromatic heterocycles. The molecule has 0 aliphatic heterocycles. The number of rotatable bonds is 11. The second kappa shape index (κ2) is 13.9. The van der Waals surface area contributed by atoms with Crippen molar-refractivity contribution in [2.75, 3.05) is 13.2 Å². The van der Waals surface area contributed by atoms with Gasteiger partial charge in [0.2, 0.25) is 0 Å². The summed E-state index contributed by atoms with van der Waals surface area (Å²) < 4.78 is 6.82. The Bertz CT molecular complexity index is 84.3. The Balaban J connectivity index is 2.78. The van der Waals surface area contributed by atoms with Gasteiger partial charge < -0.3 is 0 Å². The van der Waals surface area contributed by atoms with E-state index < -0.39 is 0 Å². The van der Waals surface area contributed by atoms with E-state index in [2.05, 4.69) is 6.92 Å². The van der Waals surface area contributed by atoms with E-state index in [0.29, 0.717) is 0 Å². The summed E-state index contributed by atoms with van der Waals surface area (Å²) in [6, 6.07) is 0. The van der Waals surface area contributed by atoms with E-state index in [1.54, 1.807) is 0 Å². The summed E-state index contributed by atoms with van der Waals surface area (Å²) in [6.07, 6.45) is 11.2. The fraction of sp³-hybridized carbons (Fsp3) is 1.00. The van der Waals surface area contributed by atoms with Crippen molar-refractivity contribution >= 4 is 0 Å². The monoisotopic (exact) mass is 387 g/mol. The SMILES string of the molecule is CCCCCCCCCCOC[CH2][Hg]. The Morgan fingerprint density at radius 3 is 1.93 bits per heavy atom. The van der Waals surface area contributed by atoms with E-state index in [4.69, 9.17) is 4.74 Å². The van der Waals surface area contributed by atoms with E-state index in [0.717, 1.165) is 39.3 Å². The molecule has 0 saturated carbocycles. The molecule has 0 heterocycles. The number of unbranched alkanes of at least 4 members (excludes halogenated alkanes) is 7. The average Bonchev–Trinajstić information content (AvgIpc) is 2.21. The topological polar surface area (TPSA) is 9.23 Å². The second-order valence-corrected chi connectivity index (χ2v) is 6.69. The normalized spacial score (nSPS) is 10.8. The molecule has 0 radical (unpaired) electrons. The summed E-state index contributed by atoms with van der Waals surface area (Å²) in [5, 5.41) is 0. The zero-order chi connectivity index (χ0) is 10.5. The van der Waals surface area contributed by atoms with Crippen molar-refractivity contribution in [3.63, 3.8) is 0 Å². The first kappa shape index (κ1) is 14.9. The molecule has 0 fully saturated rings. The van der Waals surface area contributed by atoms with Gasteiger partial charge in [0, 0.05) is 0 Å². The van der Waals surface area contributed by atoms with Crippen LogP contribution in [0.4, 0.5) is 0 Å². The summed E-state index contributed by atoms with van der Waals surface area (Å²) in [5.74, 6) is 0. The third-order valence-corrected chi connectivity index (χ3v) is 3.55. The van der Waals surface area contributed by atoms with Crippen LogP contribution in [0.5, 0.6) is 0 Å². The van der Waals surface area contributed by atoms with Crippen LogP contribution in [0.15, 0.2) is 0 Å². The van der Waals surface area contributed by atoms with Gasteiger partial charge in [-0.05, 0) is 0 Å². The molecule has 0 amide bonds. The van der Waals surface area contributed by atoms with Crippen LogP contribution in [-0.2, 0) is 30.9 Å². The van der Waals surface area contributed by atoms with E-state index >= 15 is 0 Å². The fourth-order valence-electron chi connectivity index (χ4n) is 1.54. The quantitative estimate of drug-likeness (QED) is 0.384. The summed E-state index contributed by atoms with van der Waals surface area (Å²) in [7, 11) is 0. The van der Waals surface area contributed by atoms with E-state index in [1.807, 2.05) is 0 Å². The molecule has 0 aromatic rings. The first-order valence-corrected chi connectivity index (χ1v) is 10.2. The molecular formula is C12H25HgO. The molecule has 0 saturated heterocycles. The van der Waals surface area contributed by atoms with Crippen molar-refractivity contribution in [2.24, 2.45) is 0 Å². The van der Waals surface area contributed by atoms with Gasteiger partial charge in [0.05, 0.1) is 0 Å². The van der Waals surface area contributed by atoms with Crippen LogP contribution in [-0.4, -0.2) is 13.2 Å². The molecule has 81 valence electrons. The predicted octanol–water partition coefficient (Wildman–Crippen LogP) is 4.11. The van der Waals surface area contributed by atoms with Gasteiger partial charge in [-0.15, -0.1) is 0 Å². The van der Waals surface area contributed by atoms with Gasteiger partial charge in [0.25, 0.3) is 0 Å². The van der Waals surface area contributed by atoms with Gasteiger partial charge >= 0.3 is 99.4 Å². The fourth-order valence-corrected chi connectivity index (χ4v) is 2.34. The van der Waals surface area contributed by atoms with Crippen LogP contribution >= 0.6 is 0 Å². The van der Waals surface area contributed by atoms with E-state index in [1.165, 1.54) is 55.3 Å². The van der Waals surface area contributed by atoms with Crippen molar-refractivity contribution in [1.82, 2.24) is 0 Å². The molecule has 0 N–H and O–H groups in total. The van der Waals surface area contributed by atoms with Crippen LogP contribution in [0.25, 0.3) is 0 Å². The average molecular weight is 386 g/mol. The molecule has 0 rings (SSSR count). The van der Waals surface area contributed by atoms with Gasteiger partial charge in [-0.1, -0.05) is 6.92 Å². The summed E-state index contributed by atoms with van der Waals surface area (Å²) in [6.45, 7) is 4.31. The molecule has 0 aliphatic carbocycles.